The number of carboxylic acids is 1. The molecular weight excluding hydrogens is 200 g/mol. The third-order valence-corrected chi connectivity index (χ3v) is 3.06. The van der Waals surface area contributed by atoms with Gasteiger partial charge in [0.1, 0.15) is 6.33 Å². The van der Waals surface area contributed by atoms with E-state index in [1.807, 2.05) is 12.3 Å². The summed E-state index contributed by atoms with van der Waals surface area (Å²) in [4.78, 5) is 18.7. The van der Waals surface area contributed by atoms with Gasteiger partial charge in [0.05, 0.1) is 22.3 Å². The average molecular weight is 208 g/mol. The summed E-state index contributed by atoms with van der Waals surface area (Å²) in [5.41, 5.74) is 2.53. The van der Waals surface area contributed by atoms with Crippen LogP contribution in [0.5, 0.6) is 0 Å². The molecule has 0 atom stereocenters. The van der Waals surface area contributed by atoms with Crippen LogP contribution in [0.15, 0.2) is 11.7 Å². The van der Waals surface area contributed by atoms with E-state index in [4.69, 9.17) is 5.11 Å². The molecule has 0 amide bonds. The van der Waals surface area contributed by atoms with Gasteiger partial charge in [0.15, 0.2) is 0 Å². The number of aromatic nitrogens is 2. The SMILES string of the molecule is Cc1csc2c(CC(=O)O)ncnc12. The lowest BCUT2D eigenvalue weighted by atomic mass is 10.2. The fraction of sp³-hybridized carbons (Fsp3) is 0.222. The molecule has 2 aromatic rings. The molecule has 0 unspecified atom stereocenters. The number of aliphatic carboxylic acids is 1. The van der Waals surface area contributed by atoms with Gasteiger partial charge in [0.25, 0.3) is 0 Å². The molecule has 0 aliphatic carbocycles. The third-order valence-electron chi connectivity index (χ3n) is 1.92. The molecule has 0 saturated carbocycles. The lowest BCUT2D eigenvalue weighted by Gasteiger charge is -1.97. The van der Waals surface area contributed by atoms with E-state index in [-0.39, 0.29) is 6.42 Å². The molecule has 4 nitrogen and oxygen atoms in total. The van der Waals surface area contributed by atoms with Crippen molar-refractivity contribution < 1.29 is 9.90 Å². The molecule has 0 fully saturated rings. The van der Waals surface area contributed by atoms with Crippen LogP contribution in [0.2, 0.25) is 0 Å². The Hall–Kier alpha value is -1.49. The minimum atomic E-state index is -0.865. The van der Waals surface area contributed by atoms with Crippen LogP contribution < -0.4 is 0 Å². The largest absolute Gasteiger partial charge is 0.481 e. The Kier molecular flexibility index (Phi) is 2.17. The first-order valence-corrected chi connectivity index (χ1v) is 4.96. The van der Waals surface area contributed by atoms with Gasteiger partial charge in [-0.3, -0.25) is 4.79 Å². The van der Waals surface area contributed by atoms with E-state index in [0.717, 1.165) is 15.8 Å². The molecule has 0 radical (unpaired) electrons. The number of hydrogen-bond acceptors (Lipinski definition) is 4. The van der Waals surface area contributed by atoms with Crippen LogP contribution in [-0.4, -0.2) is 21.0 Å². The second kappa shape index (κ2) is 3.34. The molecule has 5 heteroatoms. The molecule has 0 bridgehead atoms. The van der Waals surface area contributed by atoms with E-state index in [0.29, 0.717) is 5.69 Å². The summed E-state index contributed by atoms with van der Waals surface area (Å²) < 4.78 is 0.882. The van der Waals surface area contributed by atoms with Gasteiger partial charge in [0, 0.05) is 0 Å². The van der Waals surface area contributed by atoms with E-state index in [1.165, 1.54) is 17.7 Å². The molecule has 0 aliphatic rings. The van der Waals surface area contributed by atoms with E-state index in [9.17, 15) is 4.79 Å². The molecule has 72 valence electrons. The Labute approximate surface area is 84.2 Å². The third kappa shape index (κ3) is 1.46. The first-order valence-electron chi connectivity index (χ1n) is 4.08. The van der Waals surface area contributed by atoms with Gasteiger partial charge < -0.3 is 5.11 Å². The number of rotatable bonds is 2. The fourth-order valence-electron chi connectivity index (χ4n) is 1.29. The van der Waals surface area contributed by atoms with Crippen LogP contribution in [0.25, 0.3) is 10.2 Å². The van der Waals surface area contributed by atoms with Crippen molar-refractivity contribution in [2.24, 2.45) is 0 Å². The maximum absolute atomic E-state index is 10.6. The summed E-state index contributed by atoms with van der Waals surface area (Å²) in [5, 5.41) is 10.6. The maximum atomic E-state index is 10.6. The minimum absolute atomic E-state index is 0.0427. The predicted molar refractivity (Wildman–Crippen MR) is 53.5 cm³/mol. The Morgan fingerprint density at radius 2 is 2.36 bits per heavy atom. The zero-order valence-corrected chi connectivity index (χ0v) is 8.34. The minimum Gasteiger partial charge on any atom is -0.481 e. The van der Waals surface area contributed by atoms with Crippen molar-refractivity contribution in [3.8, 4) is 0 Å². The number of fused-ring (bicyclic) bond motifs is 1. The van der Waals surface area contributed by atoms with Crippen LogP contribution in [0.3, 0.4) is 0 Å². The lowest BCUT2D eigenvalue weighted by molar-refractivity contribution is -0.136. The van der Waals surface area contributed by atoms with Gasteiger partial charge in [-0.2, -0.15) is 0 Å². The zero-order valence-electron chi connectivity index (χ0n) is 7.52. The van der Waals surface area contributed by atoms with Crippen LogP contribution in [-0.2, 0) is 11.2 Å². The summed E-state index contributed by atoms with van der Waals surface area (Å²) in [5.74, 6) is -0.865. The first-order chi connectivity index (χ1) is 6.68. The highest BCUT2D eigenvalue weighted by Gasteiger charge is 2.10. The van der Waals surface area contributed by atoms with Crippen LogP contribution in [0.1, 0.15) is 11.3 Å². The highest BCUT2D eigenvalue weighted by Crippen LogP contribution is 2.25. The molecule has 2 rings (SSSR count). The lowest BCUT2D eigenvalue weighted by Crippen LogP contribution is -2.02. The molecule has 0 aromatic carbocycles. The Balaban J connectivity index is 2.59. The summed E-state index contributed by atoms with van der Waals surface area (Å²) in [7, 11) is 0. The molecule has 0 aliphatic heterocycles. The van der Waals surface area contributed by atoms with Gasteiger partial charge in [-0.05, 0) is 17.9 Å². The molecule has 14 heavy (non-hydrogen) atoms. The normalized spacial score (nSPS) is 10.6. The Morgan fingerprint density at radius 1 is 1.57 bits per heavy atom. The second-order valence-electron chi connectivity index (χ2n) is 2.99. The van der Waals surface area contributed by atoms with Crippen LogP contribution >= 0.6 is 11.3 Å². The van der Waals surface area contributed by atoms with Crippen molar-refractivity contribution in [3.05, 3.63) is 23.0 Å². The Morgan fingerprint density at radius 3 is 3.07 bits per heavy atom. The van der Waals surface area contributed by atoms with Gasteiger partial charge in [0.2, 0.25) is 0 Å². The molecule has 2 aromatic heterocycles. The fourth-order valence-corrected chi connectivity index (χ4v) is 2.28. The van der Waals surface area contributed by atoms with Crippen molar-refractivity contribution in [1.82, 2.24) is 9.97 Å². The van der Waals surface area contributed by atoms with Gasteiger partial charge in [-0.15, -0.1) is 11.3 Å². The van der Waals surface area contributed by atoms with Gasteiger partial charge in [-0.25, -0.2) is 9.97 Å². The van der Waals surface area contributed by atoms with E-state index < -0.39 is 5.97 Å². The number of carboxylic acid groups (broad SMARTS) is 1. The first kappa shape index (κ1) is 9.08. The molecule has 2 heterocycles. The highest BCUT2D eigenvalue weighted by molar-refractivity contribution is 7.17. The van der Waals surface area contributed by atoms with Gasteiger partial charge in [-0.1, -0.05) is 0 Å². The van der Waals surface area contributed by atoms with Gasteiger partial charge >= 0.3 is 5.97 Å². The van der Waals surface area contributed by atoms with Crippen LogP contribution in [0, 0.1) is 6.92 Å². The zero-order chi connectivity index (χ0) is 10.1. The van der Waals surface area contributed by atoms with Crippen molar-refractivity contribution >= 4 is 27.5 Å². The van der Waals surface area contributed by atoms with Crippen molar-refractivity contribution in [2.75, 3.05) is 0 Å². The predicted octanol–water partition coefficient (Wildman–Crippen LogP) is 1.63. The summed E-state index contributed by atoms with van der Waals surface area (Å²) >= 11 is 1.49. The Bertz CT molecular complexity index is 493. The summed E-state index contributed by atoms with van der Waals surface area (Å²) in [6.45, 7) is 1.95. The monoisotopic (exact) mass is 208 g/mol. The van der Waals surface area contributed by atoms with Crippen molar-refractivity contribution in [3.63, 3.8) is 0 Å². The van der Waals surface area contributed by atoms with Crippen molar-refractivity contribution in [2.45, 2.75) is 13.3 Å². The molecule has 0 spiro atoms. The molecule has 0 saturated heterocycles. The van der Waals surface area contributed by atoms with Crippen LogP contribution in [0.4, 0.5) is 0 Å². The summed E-state index contributed by atoms with van der Waals surface area (Å²) in [6, 6.07) is 0. The van der Waals surface area contributed by atoms with E-state index in [1.54, 1.807) is 0 Å². The van der Waals surface area contributed by atoms with Crippen molar-refractivity contribution in [1.29, 1.82) is 0 Å². The molecular formula is C9H8N2O2S. The quantitative estimate of drug-likeness (QED) is 0.814. The number of aryl methyl sites for hydroxylation is 1. The number of thiophene rings is 1. The maximum Gasteiger partial charge on any atom is 0.309 e. The average Bonchev–Trinajstić information content (AvgIpc) is 2.49. The number of nitrogens with zero attached hydrogens (tertiary/aromatic N) is 2. The standard InChI is InChI=1S/C9H8N2O2S/c1-5-3-14-9-6(2-7(12)13)10-4-11-8(5)9/h3-4H,2H2,1H3,(H,12,13). The summed E-state index contributed by atoms with van der Waals surface area (Å²) in [6.07, 6.45) is 1.37. The topological polar surface area (TPSA) is 63.1 Å². The molecule has 1 N–H and O–H groups in total. The highest BCUT2D eigenvalue weighted by atomic mass is 32.1. The van der Waals surface area contributed by atoms with E-state index >= 15 is 0 Å². The van der Waals surface area contributed by atoms with E-state index in [2.05, 4.69) is 9.97 Å². The number of hydrogen-bond donors (Lipinski definition) is 1. The smallest absolute Gasteiger partial charge is 0.309 e. The second-order valence-corrected chi connectivity index (χ2v) is 3.87. The number of carbonyl (C=O) groups is 1.